The van der Waals surface area contributed by atoms with E-state index in [2.05, 4.69) is 4.98 Å². The predicted molar refractivity (Wildman–Crippen MR) is 81.0 cm³/mol. The van der Waals surface area contributed by atoms with E-state index in [-0.39, 0.29) is 10.7 Å². The second-order valence-corrected chi connectivity index (χ2v) is 4.73. The molecule has 0 saturated heterocycles. The first-order valence-electron chi connectivity index (χ1n) is 6.11. The molecule has 0 fully saturated rings. The Labute approximate surface area is 124 Å². The smallest absolute Gasteiger partial charge is 0.288 e. The zero-order valence-electron chi connectivity index (χ0n) is 10.7. The van der Waals surface area contributed by atoms with E-state index in [9.17, 15) is 10.1 Å². The van der Waals surface area contributed by atoms with Crippen molar-refractivity contribution in [2.24, 2.45) is 0 Å². The summed E-state index contributed by atoms with van der Waals surface area (Å²) in [6.45, 7) is 0. The van der Waals surface area contributed by atoms with Crippen LogP contribution in [0.15, 0.2) is 46.9 Å². The Kier molecular flexibility index (Phi) is 3.41. The van der Waals surface area contributed by atoms with Gasteiger partial charge in [0.05, 0.1) is 4.92 Å². The van der Waals surface area contributed by atoms with Crippen molar-refractivity contribution in [3.63, 3.8) is 0 Å². The molecule has 0 atom stereocenters. The molecule has 0 amide bonds. The summed E-state index contributed by atoms with van der Waals surface area (Å²) in [5, 5.41) is 10.9. The molecule has 0 saturated carbocycles. The zero-order valence-corrected chi connectivity index (χ0v) is 11.4. The summed E-state index contributed by atoms with van der Waals surface area (Å²) in [5.41, 5.74) is 1.98. The van der Waals surface area contributed by atoms with Crippen molar-refractivity contribution in [3.05, 3.63) is 69.1 Å². The van der Waals surface area contributed by atoms with Gasteiger partial charge in [-0.15, -0.1) is 0 Å². The Bertz CT molecular complexity index is 822. The number of oxazole rings is 1. The number of nitrogens with zero attached hydrogens (tertiary/aromatic N) is 2. The molecule has 0 N–H and O–H groups in total. The number of halogens is 1. The zero-order chi connectivity index (χ0) is 14.8. The summed E-state index contributed by atoms with van der Waals surface area (Å²) in [5.74, 6) is 0.439. The highest BCUT2D eigenvalue weighted by Gasteiger charge is 2.11. The molecule has 1 aromatic heterocycles. The minimum atomic E-state index is -0.515. The highest BCUT2D eigenvalue weighted by atomic mass is 35.5. The average Bonchev–Trinajstić information content (AvgIpc) is 2.89. The number of rotatable bonds is 3. The monoisotopic (exact) mass is 300 g/mol. The third kappa shape index (κ3) is 2.78. The molecule has 104 valence electrons. The van der Waals surface area contributed by atoms with Crippen LogP contribution in [0.1, 0.15) is 11.5 Å². The third-order valence-corrected chi connectivity index (χ3v) is 3.22. The van der Waals surface area contributed by atoms with Crippen LogP contribution >= 0.6 is 11.6 Å². The molecule has 6 heteroatoms. The molecular weight excluding hydrogens is 292 g/mol. The van der Waals surface area contributed by atoms with Crippen LogP contribution in [0.5, 0.6) is 0 Å². The number of fused-ring (bicyclic) bond motifs is 1. The number of para-hydroxylation sites is 2. The Balaban J connectivity index is 1.92. The van der Waals surface area contributed by atoms with Gasteiger partial charge < -0.3 is 4.42 Å². The predicted octanol–water partition coefficient (Wildman–Crippen LogP) is 4.56. The fraction of sp³-hybridized carbons (Fsp3) is 0. The molecule has 3 rings (SSSR count). The molecule has 2 aromatic carbocycles. The topological polar surface area (TPSA) is 69.2 Å². The number of aromatic nitrogens is 1. The van der Waals surface area contributed by atoms with Crippen LogP contribution in [0.25, 0.3) is 23.3 Å². The standard InChI is InChI=1S/C15H9ClN2O3/c16-11-7-5-10(9-13(11)18(19)20)6-8-15-17-12-3-1-2-4-14(12)21-15/h1-9H. The van der Waals surface area contributed by atoms with E-state index in [1.807, 2.05) is 24.3 Å². The van der Waals surface area contributed by atoms with E-state index in [0.29, 0.717) is 17.0 Å². The summed E-state index contributed by atoms with van der Waals surface area (Å²) in [6, 6.07) is 12.0. The lowest BCUT2D eigenvalue weighted by atomic mass is 10.2. The second-order valence-electron chi connectivity index (χ2n) is 4.32. The molecule has 0 aliphatic carbocycles. The molecular formula is C15H9ClN2O3. The van der Waals surface area contributed by atoms with Crippen molar-refractivity contribution in [2.45, 2.75) is 0 Å². The van der Waals surface area contributed by atoms with E-state index in [4.69, 9.17) is 16.0 Å². The summed E-state index contributed by atoms with van der Waals surface area (Å²) in [4.78, 5) is 14.6. The van der Waals surface area contributed by atoms with Crippen molar-refractivity contribution in [1.82, 2.24) is 4.98 Å². The fourth-order valence-corrected chi connectivity index (χ4v) is 2.09. The lowest BCUT2D eigenvalue weighted by molar-refractivity contribution is -0.384. The maximum Gasteiger partial charge on any atom is 0.288 e. The normalized spacial score (nSPS) is 11.3. The first-order chi connectivity index (χ1) is 10.1. The largest absolute Gasteiger partial charge is 0.437 e. The van der Waals surface area contributed by atoms with Gasteiger partial charge in [0.25, 0.3) is 5.69 Å². The third-order valence-electron chi connectivity index (χ3n) is 2.90. The number of hydrogen-bond donors (Lipinski definition) is 0. The Morgan fingerprint density at radius 2 is 2.00 bits per heavy atom. The average molecular weight is 301 g/mol. The maximum atomic E-state index is 10.8. The Morgan fingerprint density at radius 3 is 2.76 bits per heavy atom. The van der Waals surface area contributed by atoms with Crippen molar-refractivity contribution < 1.29 is 9.34 Å². The minimum Gasteiger partial charge on any atom is -0.437 e. The molecule has 0 bridgehead atoms. The quantitative estimate of drug-likeness (QED) is 0.525. The maximum absolute atomic E-state index is 10.8. The van der Waals surface area contributed by atoms with Crippen molar-refractivity contribution in [1.29, 1.82) is 0 Å². The van der Waals surface area contributed by atoms with Gasteiger partial charge in [-0.2, -0.15) is 0 Å². The van der Waals surface area contributed by atoms with E-state index in [1.165, 1.54) is 12.1 Å². The van der Waals surface area contributed by atoms with E-state index in [0.717, 1.165) is 5.52 Å². The summed E-state index contributed by atoms with van der Waals surface area (Å²) in [7, 11) is 0. The van der Waals surface area contributed by atoms with Crippen molar-refractivity contribution in [3.8, 4) is 0 Å². The van der Waals surface area contributed by atoms with Crippen LogP contribution in [0.4, 0.5) is 5.69 Å². The van der Waals surface area contributed by atoms with Gasteiger partial charge in [0.2, 0.25) is 5.89 Å². The van der Waals surface area contributed by atoms with Crippen LogP contribution in [0.3, 0.4) is 0 Å². The van der Waals surface area contributed by atoms with Gasteiger partial charge in [0, 0.05) is 12.1 Å². The van der Waals surface area contributed by atoms with Crippen molar-refractivity contribution in [2.75, 3.05) is 0 Å². The first kappa shape index (κ1) is 13.3. The van der Waals surface area contributed by atoms with Gasteiger partial charge in [-0.3, -0.25) is 10.1 Å². The molecule has 0 aliphatic heterocycles. The van der Waals surface area contributed by atoms with E-state index in [1.54, 1.807) is 18.2 Å². The van der Waals surface area contributed by atoms with Crippen LogP contribution in [-0.4, -0.2) is 9.91 Å². The molecule has 0 radical (unpaired) electrons. The molecule has 5 nitrogen and oxygen atoms in total. The van der Waals surface area contributed by atoms with Crippen LogP contribution < -0.4 is 0 Å². The van der Waals surface area contributed by atoms with Gasteiger partial charge in [-0.1, -0.05) is 29.8 Å². The lowest BCUT2D eigenvalue weighted by Crippen LogP contribution is -1.89. The Hall–Kier alpha value is -2.66. The fourth-order valence-electron chi connectivity index (χ4n) is 1.90. The SMILES string of the molecule is O=[N+]([O-])c1cc(C=Cc2nc3ccccc3o2)ccc1Cl. The Morgan fingerprint density at radius 1 is 1.19 bits per heavy atom. The molecule has 21 heavy (non-hydrogen) atoms. The van der Waals surface area contributed by atoms with Gasteiger partial charge >= 0.3 is 0 Å². The summed E-state index contributed by atoms with van der Waals surface area (Å²) < 4.78 is 5.53. The summed E-state index contributed by atoms with van der Waals surface area (Å²) >= 11 is 5.77. The number of hydrogen-bond acceptors (Lipinski definition) is 4. The molecule has 0 unspecified atom stereocenters. The van der Waals surface area contributed by atoms with Crippen LogP contribution in [0.2, 0.25) is 5.02 Å². The molecule has 1 heterocycles. The second kappa shape index (κ2) is 5.38. The molecule has 0 spiro atoms. The van der Waals surface area contributed by atoms with Crippen LogP contribution in [0, 0.1) is 10.1 Å². The van der Waals surface area contributed by atoms with Gasteiger partial charge in [0.1, 0.15) is 10.5 Å². The highest BCUT2D eigenvalue weighted by molar-refractivity contribution is 6.32. The van der Waals surface area contributed by atoms with E-state index >= 15 is 0 Å². The van der Waals surface area contributed by atoms with Gasteiger partial charge in [-0.05, 0) is 29.8 Å². The van der Waals surface area contributed by atoms with Gasteiger partial charge in [-0.25, -0.2) is 4.98 Å². The highest BCUT2D eigenvalue weighted by Crippen LogP contribution is 2.26. The molecule has 3 aromatic rings. The minimum absolute atomic E-state index is 0.110. The lowest BCUT2D eigenvalue weighted by Gasteiger charge is -1.96. The number of benzene rings is 2. The number of nitro benzene ring substituents is 1. The van der Waals surface area contributed by atoms with E-state index < -0.39 is 4.92 Å². The molecule has 0 aliphatic rings. The first-order valence-corrected chi connectivity index (χ1v) is 6.49. The number of nitro groups is 1. The van der Waals surface area contributed by atoms with Crippen molar-refractivity contribution >= 4 is 40.5 Å². The van der Waals surface area contributed by atoms with Gasteiger partial charge in [0.15, 0.2) is 5.58 Å². The van der Waals surface area contributed by atoms with Crippen LogP contribution in [-0.2, 0) is 0 Å². The summed E-state index contributed by atoms with van der Waals surface area (Å²) in [6.07, 6.45) is 3.35.